The van der Waals surface area contributed by atoms with Crippen LogP contribution in [0.25, 0.3) is 0 Å². The van der Waals surface area contributed by atoms with Crippen molar-refractivity contribution in [3.63, 3.8) is 0 Å². The summed E-state index contributed by atoms with van der Waals surface area (Å²) in [4.78, 5) is 0. The molecule has 0 aliphatic heterocycles. The van der Waals surface area contributed by atoms with Crippen molar-refractivity contribution in [2.24, 2.45) is 0 Å². The molecule has 0 atom stereocenters. The molecule has 9 heteroatoms. The van der Waals surface area contributed by atoms with E-state index >= 15 is 0 Å². The smallest absolute Gasteiger partial charge is 0.437 e. The third-order valence-electron chi connectivity index (χ3n) is 1.88. The van der Waals surface area contributed by atoms with Crippen molar-refractivity contribution in [3.05, 3.63) is 6.55 Å². The maximum atomic E-state index is 6.36. The highest BCUT2D eigenvalue weighted by Gasteiger charge is 2.48. The van der Waals surface area contributed by atoms with Gasteiger partial charge < -0.3 is 16.5 Å². The van der Waals surface area contributed by atoms with Gasteiger partial charge in [-0.2, -0.15) is 0 Å². The predicted molar refractivity (Wildman–Crippen MR) is 103 cm³/mol. The highest BCUT2D eigenvalue weighted by molar-refractivity contribution is 6.91. The Balaban J connectivity index is 5.23. The molecule has 0 aliphatic carbocycles. The molecule has 127 valence electrons. The Morgan fingerprint density at radius 3 is 1.00 bits per heavy atom. The van der Waals surface area contributed by atoms with E-state index in [4.69, 9.17) is 16.5 Å². The van der Waals surface area contributed by atoms with Crippen LogP contribution in [0.4, 0.5) is 0 Å². The zero-order valence-corrected chi connectivity index (χ0v) is 20.8. The van der Waals surface area contributed by atoms with Crippen LogP contribution >= 0.6 is 0 Å². The maximum absolute atomic E-state index is 6.36. The van der Waals surface area contributed by atoms with E-state index < -0.39 is 42.3 Å². The van der Waals surface area contributed by atoms with Crippen LogP contribution in [0.1, 0.15) is 0 Å². The summed E-state index contributed by atoms with van der Waals surface area (Å²) >= 11 is 0. The first-order valence-electron chi connectivity index (χ1n) is 7.49. The second-order valence-corrected chi connectivity index (χ2v) is 28.9. The van der Waals surface area contributed by atoms with E-state index in [1.807, 2.05) is 0 Å². The Hall–Kier alpha value is 0.924. The third kappa shape index (κ3) is 12.1. The first kappa shape index (κ1) is 21.9. The average Bonchev–Trinajstić information content (AvgIpc) is 1.83. The summed E-state index contributed by atoms with van der Waals surface area (Å²) in [7, 11) is -10.5. The summed E-state index contributed by atoms with van der Waals surface area (Å²) in [6.07, 6.45) is 0. The highest BCUT2D eigenvalue weighted by Crippen LogP contribution is 2.26. The van der Waals surface area contributed by atoms with Gasteiger partial charge >= 0.3 is 17.4 Å². The molecular formula is C12H35O4Si5. The molecule has 21 heavy (non-hydrogen) atoms. The molecule has 1 radical (unpaired) electrons. The predicted octanol–water partition coefficient (Wildman–Crippen LogP) is 4.57. The Bertz CT molecular complexity index is 325. The van der Waals surface area contributed by atoms with Crippen molar-refractivity contribution in [2.45, 2.75) is 72.0 Å². The Labute approximate surface area is 137 Å². The Kier molecular flexibility index (Phi) is 7.11. The summed E-state index contributed by atoms with van der Waals surface area (Å²) < 4.78 is 25.2. The van der Waals surface area contributed by atoms with E-state index in [9.17, 15) is 0 Å². The van der Waals surface area contributed by atoms with Gasteiger partial charge in [0.25, 0.3) is 0 Å². The summed E-state index contributed by atoms with van der Waals surface area (Å²) in [5, 5.41) is 0. The summed E-state index contributed by atoms with van der Waals surface area (Å²) in [5.74, 6) is 0. The normalized spacial score (nSPS) is 15.4. The SMILES string of the molecule is [CH2][Si](O[Si](C)(C)C)(O[Si](C)(C)C)O[Si](C)(C)O[Si](C)(C)C. The number of hydrogen-bond donors (Lipinski definition) is 0. The first-order chi connectivity index (χ1) is 8.83. The van der Waals surface area contributed by atoms with Crippen molar-refractivity contribution in [3.8, 4) is 0 Å². The molecule has 0 fully saturated rings. The summed E-state index contributed by atoms with van der Waals surface area (Å²) in [5.41, 5.74) is 0. The Morgan fingerprint density at radius 2 is 0.762 bits per heavy atom. The molecule has 0 N–H and O–H groups in total. The van der Waals surface area contributed by atoms with Crippen LogP contribution in [0.3, 0.4) is 0 Å². The molecule has 0 aliphatic rings. The van der Waals surface area contributed by atoms with E-state index in [-0.39, 0.29) is 0 Å². The van der Waals surface area contributed by atoms with Crippen LogP contribution in [-0.2, 0) is 16.5 Å². The minimum atomic E-state index is -2.92. The molecule has 0 amide bonds. The van der Waals surface area contributed by atoms with Crippen LogP contribution in [0, 0.1) is 6.55 Å². The van der Waals surface area contributed by atoms with Crippen LogP contribution in [0.15, 0.2) is 0 Å². The van der Waals surface area contributed by atoms with E-state index in [1.165, 1.54) is 0 Å². The molecule has 0 heterocycles. The minimum Gasteiger partial charge on any atom is -0.437 e. The molecule has 0 aromatic rings. The van der Waals surface area contributed by atoms with Gasteiger partial charge in [-0.05, 0) is 72.0 Å². The highest BCUT2D eigenvalue weighted by atomic mass is 28.5. The fraction of sp³-hybridized carbons (Fsp3) is 0.917. The van der Waals surface area contributed by atoms with Gasteiger partial charge in [0.15, 0.2) is 25.0 Å². The van der Waals surface area contributed by atoms with Gasteiger partial charge in [-0.25, -0.2) is 0 Å². The lowest BCUT2D eigenvalue weighted by atomic mass is 11.8. The van der Waals surface area contributed by atoms with Gasteiger partial charge in [-0.3, -0.25) is 0 Å². The van der Waals surface area contributed by atoms with Gasteiger partial charge in [0, 0.05) is 6.55 Å². The van der Waals surface area contributed by atoms with Crippen LogP contribution in [0.5, 0.6) is 0 Å². The van der Waals surface area contributed by atoms with E-state index in [1.54, 1.807) is 0 Å². The second-order valence-electron chi connectivity index (χ2n) is 8.83. The summed E-state index contributed by atoms with van der Waals surface area (Å²) in [6, 6.07) is 0. The minimum absolute atomic E-state index is 1.67. The van der Waals surface area contributed by atoms with Crippen molar-refractivity contribution in [1.29, 1.82) is 0 Å². The molecule has 0 aromatic carbocycles. The zero-order chi connectivity index (χ0) is 17.3. The fourth-order valence-corrected chi connectivity index (χ4v) is 20.7. The molecule has 0 rings (SSSR count). The molecule has 0 saturated carbocycles. The van der Waals surface area contributed by atoms with Crippen molar-refractivity contribution < 1.29 is 16.5 Å². The van der Waals surface area contributed by atoms with Crippen molar-refractivity contribution >= 4 is 42.3 Å². The third-order valence-corrected chi connectivity index (χ3v) is 16.9. The Morgan fingerprint density at radius 1 is 0.476 bits per heavy atom. The number of hydrogen-bond acceptors (Lipinski definition) is 4. The lowest BCUT2D eigenvalue weighted by Crippen LogP contribution is -2.61. The van der Waals surface area contributed by atoms with Gasteiger partial charge in [0.1, 0.15) is 0 Å². The fourth-order valence-electron chi connectivity index (χ4n) is 2.13. The van der Waals surface area contributed by atoms with Gasteiger partial charge in [0.2, 0.25) is 0 Å². The molecule has 0 unspecified atom stereocenters. The summed E-state index contributed by atoms with van der Waals surface area (Å²) in [6.45, 7) is 27.8. The molecular weight excluding hydrogens is 349 g/mol. The largest absolute Gasteiger partial charge is 0.471 e. The maximum Gasteiger partial charge on any atom is 0.471 e. The van der Waals surface area contributed by atoms with Gasteiger partial charge in [0.05, 0.1) is 0 Å². The van der Waals surface area contributed by atoms with Gasteiger partial charge in [-0.1, -0.05) is 0 Å². The van der Waals surface area contributed by atoms with Crippen LogP contribution < -0.4 is 0 Å². The molecule has 4 nitrogen and oxygen atoms in total. The lowest BCUT2D eigenvalue weighted by molar-refractivity contribution is 0.242. The van der Waals surface area contributed by atoms with Crippen molar-refractivity contribution in [2.75, 3.05) is 0 Å². The van der Waals surface area contributed by atoms with E-state index in [2.05, 4.69) is 78.6 Å². The monoisotopic (exact) mass is 383 g/mol. The standard InChI is InChI=1S/C12H35O4Si5/c1-17(2,3)13-20(10,11)16-21(12,14-18(4,5)6)15-19(7,8)9/h12H2,1-11H3. The lowest BCUT2D eigenvalue weighted by Gasteiger charge is -2.42. The topological polar surface area (TPSA) is 36.9 Å². The van der Waals surface area contributed by atoms with Crippen molar-refractivity contribution in [1.82, 2.24) is 0 Å². The first-order valence-corrected chi connectivity index (χ1v) is 22.5. The van der Waals surface area contributed by atoms with E-state index in [0.717, 1.165) is 0 Å². The molecule has 0 aromatic heterocycles. The van der Waals surface area contributed by atoms with Gasteiger partial charge in [-0.15, -0.1) is 0 Å². The molecule has 0 spiro atoms. The second kappa shape index (κ2) is 6.81. The average molecular weight is 384 g/mol. The van der Waals surface area contributed by atoms with E-state index in [0.29, 0.717) is 0 Å². The molecule has 0 saturated heterocycles. The molecule has 0 bridgehead atoms. The zero-order valence-electron chi connectivity index (χ0n) is 15.8. The van der Waals surface area contributed by atoms with Crippen LogP contribution in [0.2, 0.25) is 72.0 Å². The quantitative estimate of drug-likeness (QED) is 0.575. The van der Waals surface area contributed by atoms with Crippen LogP contribution in [-0.4, -0.2) is 42.3 Å². The number of rotatable bonds is 8.